The Morgan fingerprint density at radius 2 is 1.85 bits per heavy atom. The number of rotatable bonds is 3. The zero-order valence-electron chi connectivity index (χ0n) is 16.1. The summed E-state index contributed by atoms with van der Waals surface area (Å²) in [5, 5.41) is 12.3. The lowest BCUT2D eigenvalue weighted by atomic mass is 10.0. The van der Waals surface area contributed by atoms with E-state index in [1.807, 2.05) is 20.8 Å². The molecule has 146 valence electrons. The van der Waals surface area contributed by atoms with E-state index in [4.69, 9.17) is 4.74 Å². The van der Waals surface area contributed by atoms with E-state index < -0.39 is 11.6 Å². The van der Waals surface area contributed by atoms with Gasteiger partial charge in [-0.2, -0.15) is 4.80 Å². The number of halogens is 1. The maximum Gasteiger partial charge on any atom is 0.410 e. The van der Waals surface area contributed by atoms with Gasteiger partial charge in [-0.3, -0.25) is 4.90 Å². The Balaban J connectivity index is 1.78. The largest absolute Gasteiger partial charge is 0.444 e. The van der Waals surface area contributed by atoms with Gasteiger partial charge in [0.1, 0.15) is 17.5 Å². The van der Waals surface area contributed by atoms with Crippen molar-refractivity contribution >= 4 is 6.09 Å². The average molecular weight is 376 g/mol. The number of hydrogen-bond donors (Lipinski definition) is 0. The molecule has 27 heavy (non-hydrogen) atoms. The highest BCUT2D eigenvalue weighted by molar-refractivity contribution is 5.68. The number of hydrogen-bond acceptors (Lipinski definition) is 6. The van der Waals surface area contributed by atoms with Gasteiger partial charge in [-0.25, -0.2) is 9.18 Å². The fraction of sp³-hybridized carbons (Fsp3) is 0.556. The lowest BCUT2D eigenvalue weighted by Crippen LogP contribution is -2.51. The van der Waals surface area contributed by atoms with Gasteiger partial charge >= 0.3 is 6.09 Å². The predicted molar refractivity (Wildman–Crippen MR) is 96.4 cm³/mol. The molecular formula is C18H25FN6O2. The highest BCUT2D eigenvalue weighted by Gasteiger charge is 2.33. The van der Waals surface area contributed by atoms with Crippen molar-refractivity contribution in [1.29, 1.82) is 0 Å². The predicted octanol–water partition coefficient (Wildman–Crippen LogP) is 1.99. The lowest BCUT2D eigenvalue weighted by Gasteiger charge is -2.38. The number of amides is 1. The van der Waals surface area contributed by atoms with Crippen LogP contribution in [0.5, 0.6) is 0 Å². The first kappa shape index (κ1) is 19.2. The molecule has 8 nitrogen and oxygen atoms in total. The number of aromatic nitrogens is 4. The summed E-state index contributed by atoms with van der Waals surface area (Å²) in [4.78, 5) is 17.4. The lowest BCUT2D eigenvalue weighted by molar-refractivity contribution is 0.0115. The molecule has 0 aliphatic carbocycles. The minimum Gasteiger partial charge on any atom is -0.444 e. The van der Waals surface area contributed by atoms with E-state index in [9.17, 15) is 9.18 Å². The molecule has 0 bridgehead atoms. The number of carbonyl (C=O) groups excluding carboxylic acids is 1. The number of ether oxygens (including phenoxy) is 1. The smallest absolute Gasteiger partial charge is 0.410 e. The summed E-state index contributed by atoms with van der Waals surface area (Å²) in [7, 11) is 1.68. The minimum atomic E-state index is -0.534. The topological polar surface area (TPSA) is 76.4 Å². The quantitative estimate of drug-likeness (QED) is 0.815. The summed E-state index contributed by atoms with van der Waals surface area (Å²) in [6, 6.07) is 6.14. The Morgan fingerprint density at radius 3 is 2.41 bits per heavy atom. The van der Waals surface area contributed by atoms with E-state index in [1.165, 1.54) is 10.9 Å². The summed E-state index contributed by atoms with van der Waals surface area (Å²) in [6.07, 6.45) is -0.331. The maximum atomic E-state index is 14.5. The number of carbonyl (C=O) groups is 1. The third kappa shape index (κ3) is 4.60. The van der Waals surface area contributed by atoms with Crippen LogP contribution >= 0.6 is 0 Å². The standard InChI is InChI=1S/C18H25FN6O2/c1-18(2,3)27-17(26)25-11-9-24(10-12-25)15(16-20-22-23(4)21-16)13-7-5-6-8-14(13)19/h5-8,15H,9-12H2,1-4H3. The Morgan fingerprint density at radius 1 is 1.19 bits per heavy atom. The molecule has 1 atom stereocenters. The van der Waals surface area contributed by atoms with Gasteiger partial charge in [0.25, 0.3) is 0 Å². The van der Waals surface area contributed by atoms with Crippen LogP contribution in [0.3, 0.4) is 0 Å². The van der Waals surface area contributed by atoms with Crippen LogP contribution in [0, 0.1) is 5.82 Å². The summed E-state index contributed by atoms with van der Waals surface area (Å²) in [5.41, 5.74) is -0.0378. The molecule has 3 rings (SSSR count). The molecule has 1 aliphatic heterocycles. The van der Waals surface area contributed by atoms with Gasteiger partial charge in [0.2, 0.25) is 0 Å². The van der Waals surface area contributed by atoms with Crippen LogP contribution in [0.15, 0.2) is 24.3 Å². The van der Waals surface area contributed by atoms with E-state index in [2.05, 4.69) is 20.3 Å². The van der Waals surface area contributed by atoms with Gasteiger partial charge in [-0.15, -0.1) is 10.2 Å². The second kappa shape index (κ2) is 7.59. The van der Waals surface area contributed by atoms with Crippen molar-refractivity contribution in [2.75, 3.05) is 26.2 Å². The second-order valence-electron chi connectivity index (χ2n) is 7.56. The fourth-order valence-corrected chi connectivity index (χ4v) is 3.09. The Hall–Kier alpha value is -2.55. The Kier molecular flexibility index (Phi) is 5.41. The molecule has 0 spiro atoms. The number of nitrogens with zero attached hydrogens (tertiary/aromatic N) is 6. The van der Waals surface area contributed by atoms with Crippen LogP contribution < -0.4 is 0 Å². The molecule has 0 radical (unpaired) electrons. The monoisotopic (exact) mass is 376 g/mol. The van der Waals surface area contributed by atoms with Crippen molar-refractivity contribution in [2.24, 2.45) is 7.05 Å². The van der Waals surface area contributed by atoms with Crippen molar-refractivity contribution < 1.29 is 13.9 Å². The van der Waals surface area contributed by atoms with Crippen molar-refractivity contribution in [1.82, 2.24) is 30.0 Å². The van der Waals surface area contributed by atoms with E-state index in [0.29, 0.717) is 37.6 Å². The minimum absolute atomic E-state index is 0.315. The molecule has 2 aromatic rings. The van der Waals surface area contributed by atoms with Crippen LogP contribution in [0.2, 0.25) is 0 Å². The van der Waals surface area contributed by atoms with E-state index in [-0.39, 0.29) is 11.9 Å². The molecule has 1 amide bonds. The third-order valence-corrected chi connectivity index (χ3v) is 4.30. The number of tetrazole rings is 1. The second-order valence-corrected chi connectivity index (χ2v) is 7.56. The normalized spacial score (nSPS) is 17.0. The summed E-state index contributed by atoms with van der Waals surface area (Å²) < 4.78 is 19.9. The molecule has 1 aliphatic rings. The first-order valence-corrected chi connectivity index (χ1v) is 8.95. The SMILES string of the molecule is Cn1nnc(C(c2ccccc2F)N2CCN(C(=O)OC(C)(C)C)CC2)n1. The molecule has 1 aromatic carbocycles. The van der Waals surface area contributed by atoms with E-state index >= 15 is 0 Å². The number of aryl methyl sites for hydroxylation is 1. The summed E-state index contributed by atoms with van der Waals surface area (Å²) in [5.74, 6) is 0.123. The zero-order valence-corrected chi connectivity index (χ0v) is 16.1. The molecule has 9 heteroatoms. The molecule has 0 saturated carbocycles. The number of piperazine rings is 1. The molecule has 1 fully saturated rings. The third-order valence-electron chi connectivity index (χ3n) is 4.30. The highest BCUT2D eigenvalue weighted by atomic mass is 19.1. The van der Waals surface area contributed by atoms with Crippen LogP contribution in [0.4, 0.5) is 9.18 Å². The molecule has 1 aromatic heterocycles. The van der Waals surface area contributed by atoms with Crippen LogP contribution in [-0.4, -0.2) is 67.9 Å². The van der Waals surface area contributed by atoms with Gasteiger partial charge < -0.3 is 9.64 Å². The molecular weight excluding hydrogens is 351 g/mol. The zero-order chi connectivity index (χ0) is 19.6. The Bertz CT molecular complexity index is 795. The van der Waals surface area contributed by atoms with Crippen molar-refractivity contribution in [3.63, 3.8) is 0 Å². The van der Waals surface area contributed by atoms with Gasteiger partial charge in [-0.05, 0) is 32.1 Å². The van der Waals surface area contributed by atoms with Crippen LogP contribution in [0.25, 0.3) is 0 Å². The van der Waals surface area contributed by atoms with E-state index in [0.717, 1.165) is 0 Å². The van der Waals surface area contributed by atoms with Gasteiger partial charge in [0, 0.05) is 31.7 Å². The average Bonchev–Trinajstić information content (AvgIpc) is 3.02. The summed E-state index contributed by atoms with van der Waals surface area (Å²) in [6.45, 7) is 7.60. The Labute approximate surface area is 157 Å². The number of benzene rings is 1. The van der Waals surface area contributed by atoms with Crippen LogP contribution in [-0.2, 0) is 11.8 Å². The first-order valence-electron chi connectivity index (χ1n) is 8.95. The van der Waals surface area contributed by atoms with Gasteiger partial charge in [-0.1, -0.05) is 18.2 Å². The molecule has 2 heterocycles. The molecule has 1 saturated heterocycles. The maximum absolute atomic E-state index is 14.5. The first-order chi connectivity index (χ1) is 12.7. The van der Waals surface area contributed by atoms with Gasteiger partial charge in [0.05, 0.1) is 7.05 Å². The van der Waals surface area contributed by atoms with Gasteiger partial charge in [0.15, 0.2) is 5.82 Å². The van der Waals surface area contributed by atoms with Crippen molar-refractivity contribution in [2.45, 2.75) is 32.4 Å². The van der Waals surface area contributed by atoms with Crippen LogP contribution in [0.1, 0.15) is 38.2 Å². The molecule has 1 unspecified atom stereocenters. The van der Waals surface area contributed by atoms with Crippen molar-refractivity contribution in [3.05, 3.63) is 41.5 Å². The van der Waals surface area contributed by atoms with E-state index in [1.54, 1.807) is 30.1 Å². The van der Waals surface area contributed by atoms with Crippen molar-refractivity contribution in [3.8, 4) is 0 Å². The summed E-state index contributed by atoms with van der Waals surface area (Å²) >= 11 is 0. The highest BCUT2D eigenvalue weighted by Crippen LogP contribution is 2.29. The molecule has 0 N–H and O–H groups in total. The fourth-order valence-electron chi connectivity index (χ4n) is 3.09.